The Morgan fingerprint density at radius 1 is 1.44 bits per heavy atom. The minimum absolute atomic E-state index is 0.0826. The van der Waals surface area contributed by atoms with Crippen molar-refractivity contribution >= 4 is 5.97 Å². The molecule has 6 heteroatoms. The highest BCUT2D eigenvalue weighted by atomic mass is 19.1. The maximum absolute atomic E-state index is 12.7. The van der Waals surface area contributed by atoms with Gasteiger partial charge in [0.05, 0.1) is 18.8 Å². The van der Waals surface area contributed by atoms with Gasteiger partial charge >= 0.3 is 5.97 Å². The van der Waals surface area contributed by atoms with Crippen molar-refractivity contribution in [1.82, 2.24) is 14.8 Å². The average Bonchev–Trinajstić information content (AvgIpc) is 2.65. The van der Waals surface area contributed by atoms with Gasteiger partial charge in [0.1, 0.15) is 0 Å². The predicted molar refractivity (Wildman–Crippen MR) is 52.7 cm³/mol. The zero-order chi connectivity index (χ0) is 11.5. The van der Waals surface area contributed by atoms with E-state index in [1.54, 1.807) is 12.1 Å². The van der Waals surface area contributed by atoms with Crippen molar-refractivity contribution < 1.29 is 14.3 Å². The standard InChI is InChI=1S/C10H8FN3O2/c11-8-5-13-14(6-8)9-2-1-7(4-12-9)3-10(15)16/h1-2,4-6H,3H2,(H,15,16). The highest BCUT2D eigenvalue weighted by Gasteiger charge is 2.03. The van der Waals surface area contributed by atoms with Gasteiger partial charge in [-0.05, 0) is 11.6 Å². The molecule has 0 bridgehead atoms. The van der Waals surface area contributed by atoms with Crippen molar-refractivity contribution in [2.45, 2.75) is 6.42 Å². The number of hydrogen-bond acceptors (Lipinski definition) is 3. The van der Waals surface area contributed by atoms with E-state index in [4.69, 9.17) is 5.11 Å². The Labute approximate surface area is 90.2 Å². The van der Waals surface area contributed by atoms with E-state index in [0.29, 0.717) is 11.4 Å². The van der Waals surface area contributed by atoms with Gasteiger partial charge in [-0.3, -0.25) is 4.79 Å². The zero-order valence-corrected chi connectivity index (χ0v) is 8.17. The number of aromatic nitrogens is 3. The minimum Gasteiger partial charge on any atom is -0.481 e. The van der Waals surface area contributed by atoms with Gasteiger partial charge in [0.2, 0.25) is 0 Å². The second-order valence-corrected chi connectivity index (χ2v) is 3.20. The number of rotatable bonds is 3. The molecule has 0 saturated carbocycles. The summed E-state index contributed by atoms with van der Waals surface area (Å²) in [7, 11) is 0. The number of nitrogens with zero attached hydrogens (tertiary/aromatic N) is 3. The van der Waals surface area contributed by atoms with Crippen molar-refractivity contribution in [3.8, 4) is 5.82 Å². The van der Waals surface area contributed by atoms with E-state index >= 15 is 0 Å². The van der Waals surface area contributed by atoms with Crippen molar-refractivity contribution in [3.63, 3.8) is 0 Å². The fourth-order valence-electron chi connectivity index (χ4n) is 1.26. The van der Waals surface area contributed by atoms with E-state index in [2.05, 4.69) is 10.1 Å². The van der Waals surface area contributed by atoms with Crippen LogP contribution in [0.25, 0.3) is 5.82 Å². The molecule has 2 rings (SSSR count). The molecule has 0 fully saturated rings. The Morgan fingerprint density at radius 3 is 2.75 bits per heavy atom. The van der Waals surface area contributed by atoms with E-state index in [0.717, 1.165) is 6.20 Å². The monoisotopic (exact) mass is 221 g/mol. The van der Waals surface area contributed by atoms with E-state index in [1.165, 1.54) is 17.1 Å². The van der Waals surface area contributed by atoms with Crippen molar-refractivity contribution in [3.05, 3.63) is 42.1 Å². The Balaban J connectivity index is 2.22. The number of hydrogen-bond donors (Lipinski definition) is 1. The third-order valence-electron chi connectivity index (χ3n) is 1.95. The molecule has 2 heterocycles. The molecule has 0 radical (unpaired) electrons. The zero-order valence-electron chi connectivity index (χ0n) is 8.17. The van der Waals surface area contributed by atoms with Crippen molar-refractivity contribution in [1.29, 1.82) is 0 Å². The van der Waals surface area contributed by atoms with E-state index < -0.39 is 11.8 Å². The summed E-state index contributed by atoms with van der Waals surface area (Å²) in [5.74, 6) is -0.922. The molecule has 0 aromatic carbocycles. The summed E-state index contributed by atoms with van der Waals surface area (Å²) in [6.07, 6.45) is 3.62. The van der Waals surface area contributed by atoms with Crippen LogP contribution < -0.4 is 0 Å². The fourth-order valence-corrected chi connectivity index (χ4v) is 1.26. The lowest BCUT2D eigenvalue weighted by molar-refractivity contribution is -0.136. The van der Waals surface area contributed by atoms with Crippen LogP contribution >= 0.6 is 0 Å². The molecule has 0 aliphatic rings. The van der Waals surface area contributed by atoms with E-state index in [-0.39, 0.29) is 6.42 Å². The molecule has 2 aromatic rings. The molecular formula is C10H8FN3O2. The molecule has 16 heavy (non-hydrogen) atoms. The highest BCUT2D eigenvalue weighted by molar-refractivity contribution is 5.70. The summed E-state index contributed by atoms with van der Waals surface area (Å²) in [6, 6.07) is 3.21. The first-order chi connectivity index (χ1) is 7.65. The first-order valence-electron chi connectivity index (χ1n) is 4.52. The van der Waals surface area contributed by atoms with Crippen LogP contribution in [0.5, 0.6) is 0 Å². The second-order valence-electron chi connectivity index (χ2n) is 3.20. The lowest BCUT2D eigenvalue weighted by Gasteiger charge is -2.00. The number of carboxylic acids is 1. The molecule has 0 aliphatic heterocycles. The molecule has 0 unspecified atom stereocenters. The molecular weight excluding hydrogens is 213 g/mol. The Bertz CT molecular complexity index is 507. The first-order valence-corrected chi connectivity index (χ1v) is 4.52. The van der Waals surface area contributed by atoms with Gasteiger partial charge in [-0.1, -0.05) is 6.07 Å². The van der Waals surface area contributed by atoms with Gasteiger partial charge in [-0.2, -0.15) is 5.10 Å². The number of carboxylic acid groups (broad SMARTS) is 1. The second kappa shape index (κ2) is 4.09. The number of carbonyl (C=O) groups is 1. The van der Waals surface area contributed by atoms with Crippen LogP contribution in [-0.2, 0) is 11.2 Å². The van der Waals surface area contributed by atoms with Gasteiger partial charge in [-0.25, -0.2) is 14.1 Å². The molecule has 0 spiro atoms. The number of pyridine rings is 1. The molecule has 0 saturated heterocycles. The van der Waals surface area contributed by atoms with Gasteiger partial charge in [0.15, 0.2) is 11.6 Å². The van der Waals surface area contributed by atoms with Gasteiger partial charge in [0.25, 0.3) is 0 Å². The summed E-state index contributed by atoms with van der Waals surface area (Å²) in [5, 5.41) is 12.3. The van der Waals surface area contributed by atoms with Crippen molar-refractivity contribution in [2.75, 3.05) is 0 Å². The smallest absolute Gasteiger partial charge is 0.307 e. The summed E-state index contributed by atoms with van der Waals surface area (Å²) in [6.45, 7) is 0. The Morgan fingerprint density at radius 2 is 2.25 bits per heavy atom. The predicted octanol–water partition coefficient (Wildman–Crippen LogP) is 1.03. The maximum atomic E-state index is 12.7. The summed E-state index contributed by atoms with van der Waals surface area (Å²) in [4.78, 5) is 14.4. The Hall–Kier alpha value is -2.24. The molecule has 0 atom stereocenters. The van der Waals surface area contributed by atoms with Crippen LogP contribution in [0.1, 0.15) is 5.56 Å². The lowest BCUT2D eigenvalue weighted by atomic mass is 10.2. The van der Waals surface area contributed by atoms with Crippen LogP contribution in [-0.4, -0.2) is 25.8 Å². The average molecular weight is 221 g/mol. The third-order valence-corrected chi connectivity index (χ3v) is 1.95. The first kappa shape index (κ1) is 10.3. The SMILES string of the molecule is O=C(O)Cc1ccc(-n2cc(F)cn2)nc1. The maximum Gasteiger partial charge on any atom is 0.307 e. The van der Waals surface area contributed by atoms with Gasteiger partial charge < -0.3 is 5.11 Å². The van der Waals surface area contributed by atoms with Gasteiger partial charge in [0, 0.05) is 6.20 Å². The third kappa shape index (κ3) is 2.22. The molecule has 0 aliphatic carbocycles. The molecule has 0 amide bonds. The molecule has 2 aromatic heterocycles. The normalized spacial score (nSPS) is 10.3. The fraction of sp³-hybridized carbons (Fsp3) is 0.100. The molecule has 1 N–H and O–H groups in total. The number of aliphatic carboxylic acids is 1. The summed E-state index contributed by atoms with van der Waals surface area (Å²) >= 11 is 0. The minimum atomic E-state index is -0.917. The van der Waals surface area contributed by atoms with Crippen LogP contribution in [0.15, 0.2) is 30.7 Å². The number of halogens is 1. The molecule has 5 nitrogen and oxygen atoms in total. The van der Waals surface area contributed by atoms with Crippen LogP contribution in [0.4, 0.5) is 4.39 Å². The summed E-state index contributed by atoms with van der Waals surface area (Å²) in [5.41, 5.74) is 0.587. The largest absolute Gasteiger partial charge is 0.481 e. The molecule has 82 valence electrons. The van der Waals surface area contributed by atoms with Crippen LogP contribution in [0, 0.1) is 5.82 Å². The highest BCUT2D eigenvalue weighted by Crippen LogP contribution is 2.06. The van der Waals surface area contributed by atoms with Crippen LogP contribution in [0.2, 0.25) is 0 Å². The van der Waals surface area contributed by atoms with E-state index in [9.17, 15) is 9.18 Å². The lowest BCUT2D eigenvalue weighted by Crippen LogP contribution is -2.02. The Kier molecular flexibility index (Phi) is 2.63. The van der Waals surface area contributed by atoms with Gasteiger partial charge in [-0.15, -0.1) is 0 Å². The topological polar surface area (TPSA) is 68.0 Å². The van der Waals surface area contributed by atoms with E-state index in [1.807, 2.05) is 0 Å². The van der Waals surface area contributed by atoms with Crippen LogP contribution in [0.3, 0.4) is 0 Å². The van der Waals surface area contributed by atoms with Crippen molar-refractivity contribution in [2.24, 2.45) is 0 Å². The quantitative estimate of drug-likeness (QED) is 0.840. The summed E-state index contributed by atoms with van der Waals surface area (Å²) < 4.78 is 14.0.